The van der Waals surface area contributed by atoms with Gasteiger partial charge in [0.25, 0.3) is 15.9 Å². The number of benzene rings is 3. The molecule has 0 saturated carbocycles. The van der Waals surface area contributed by atoms with Crippen molar-refractivity contribution in [2.45, 2.75) is 4.90 Å². The summed E-state index contributed by atoms with van der Waals surface area (Å²) < 4.78 is 42.5. The highest BCUT2D eigenvalue weighted by Gasteiger charge is 2.24. The van der Waals surface area contributed by atoms with E-state index in [0.29, 0.717) is 22.9 Å². The third-order valence-corrected chi connectivity index (χ3v) is 6.65. The van der Waals surface area contributed by atoms with Gasteiger partial charge in [0.15, 0.2) is 6.61 Å². The van der Waals surface area contributed by atoms with Gasteiger partial charge < -0.3 is 19.5 Å². The summed E-state index contributed by atoms with van der Waals surface area (Å²) in [6.07, 6.45) is 0. The number of carbonyl (C=O) groups excluding carboxylic acids is 2. The van der Waals surface area contributed by atoms with Crippen molar-refractivity contribution in [1.29, 1.82) is 0 Å². The number of rotatable bonds is 9. The molecule has 0 saturated heterocycles. The molecule has 3 aromatic rings. The lowest BCUT2D eigenvalue weighted by Crippen LogP contribution is -2.27. The number of amides is 1. The Labute approximate surface area is 197 Å². The smallest absolute Gasteiger partial charge is 0.338 e. The lowest BCUT2D eigenvalue weighted by atomic mass is 10.2. The van der Waals surface area contributed by atoms with E-state index < -0.39 is 28.5 Å². The molecule has 34 heavy (non-hydrogen) atoms. The Morgan fingerprint density at radius 1 is 0.912 bits per heavy atom. The summed E-state index contributed by atoms with van der Waals surface area (Å²) in [6.45, 7) is -0.507. The molecule has 3 rings (SSSR count). The van der Waals surface area contributed by atoms with Crippen LogP contribution in [-0.2, 0) is 19.6 Å². The second-order valence-corrected chi connectivity index (χ2v) is 8.99. The number of nitrogens with one attached hydrogen (secondary N) is 1. The number of carbonyl (C=O) groups is 2. The number of para-hydroxylation sites is 2. The number of anilines is 2. The Kier molecular flexibility index (Phi) is 7.75. The zero-order valence-corrected chi connectivity index (χ0v) is 19.7. The van der Waals surface area contributed by atoms with Crippen LogP contribution < -0.4 is 19.1 Å². The number of hydrogen-bond donors (Lipinski definition) is 1. The van der Waals surface area contributed by atoms with E-state index in [-0.39, 0.29) is 10.5 Å². The minimum Gasteiger partial charge on any atom is -0.497 e. The predicted octanol–water partition coefficient (Wildman–Crippen LogP) is 3.32. The van der Waals surface area contributed by atoms with E-state index >= 15 is 0 Å². The van der Waals surface area contributed by atoms with E-state index in [1.54, 1.807) is 48.5 Å². The van der Waals surface area contributed by atoms with Crippen molar-refractivity contribution in [3.8, 4) is 11.5 Å². The van der Waals surface area contributed by atoms with Crippen LogP contribution in [0.1, 0.15) is 10.4 Å². The fourth-order valence-electron chi connectivity index (χ4n) is 3.05. The van der Waals surface area contributed by atoms with Crippen molar-refractivity contribution in [2.75, 3.05) is 37.5 Å². The van der Waals surface area contributed by atoms with Crippen molar-refractivity contribution in [1.82, 2.24) is 0 Å². The average Bonchev–Trinajstić information content (AvgIpc) is 2.86. The first-order chi connectivity index (χ1) is 16.3. The van der Waals surface area contributed by atoms with E-state index in [4.69, 9.17) is 14.2 Å². The first-order valence-corrected chi connectivity index (χ1v) is 11.5. The topological polar surface area (TPSA) is 111 Å². The average molecular weight is 485 g/mol. The standard InChI is InChI=1S/C24H24N2O7S/c1-26(21-9-4-5-10-22(21)32-3)34(29,30)20-13-11-17(12-14-20)24(28)33-16-23(27)25-18-7-6-8-19(15-18)31-2/h4-15H,16H2,1-3H3,(H,25,27). The van der Waals surface area contributed by atoms with Crippen molar-refractivity contribution < 1.29 is 32.2 Å². The summed E-state index contributed by atoms with van der Waals surface area (Å²) in [4.78, 5) is 24.4. The fraction of sp³-hybridized carbons (Fsp3) is 0.167. The van der Waals surface area contributed by atoms with E-state index in [0.717, 1.165) is 4.31 Å². The van der Waals surface area contributed by atoms with Gasteiger partial charge in [-0.1, -0.05) is 18.2 Å². The summed E-state index contributed by atoms with van der Waals surface area (Å²) in [5.41, 5.74) is 0.970. The predicted molar refractivity (Wildman–Crippen MR) is 127 cm³/mol. The molecule has 0 aliphatic rings. The van der Waals surface area contributed by atoms with Crippen LogP contribution in [0, 0.1) is 0 Å². The SMILES string of the molecule is COc1cccc(NC(=O)COC(=O)c2ccc(S(=O)(=O)N(C)c3ccccc3OC)cc2)c1. The van der Waals surface area contributed by atoms with Crippen LogP contribution in [0.5, 0.6) is 11.5 Å². The molecule has 0 aromatic heterocycles. The zero-order valence-electron chi connectivity index (χ0n) is 18.8. The van der Waals surface area contributed by atoms with Crippen LogP contribution >= 0.6 is 0 Å². The van der Waals surface area contributed by atoms with Gasteiger partial charge in [-0.05, 0) is 48.5 Å². The summed E-state index contributed by atoms with van der Waals surface area (Å²) >= 11 is 0. The van der Waals surface area contributed by atoms with Crippen LogP contribution in [-0.4, -0.2) is 48.2 Å². The van der Waals surface area contributed by atoms with Gasteiger partial charge in [0.05, 0.1) is 30.4 Å². The normalized spacial score (nSPS) is 10.8. The maximum Gasteiger partial charge on any atom is 0.338 e. The molecular formula is C24H24N2O7S. The molecule has 0 radical (unpaired) electrons. The zero-order chi connectivity index (χ0) is 24.7. The first kappa shape index (κ1) is 24.6. The number of esters is 1. The highest BCUT2D eigenvalue weighted by Crippen LogP contribution is 2.30. The molecule has 3 aromatic carbocycles. The Morgan fingerprint density at radius 3 is 2.29 bits per heavy atom. The summed E-state index contributed by atoms with van der Waals surface area (Å²) in [5, 5.41) is 2.60. The number of hydrogen-bond acceptors (Lipinski definition) is 7. The second kappa shape index (κ2) is 10.7. The highest BCUT2D eigenvalue weighted by atomic mass is 32.2. The Hall–Kier alpha value is -4.05. The van der Waals surface area contributed by atoms with Gasteiger partial charge in [-0.25, -0.2) is 13.2 Å². The molecule has 0 atom stereocenters. The van der Waals surface area contributed by atoms with Crippen LogP contribution in [0.4, 0.5) is 11.4 Å². The molecular weight excluding hydrogens is 460 g/mol. The highest BCUT2D eigenvalue weighted by molar-refractivity contribution is 7.92. The van der Waals surface area contributed by atoms with Crippen LogP contribution in [0.25, 0.3) is 0 Å². The van der Waals surface area contributed by atoms with E-state index in [1.807, 2.05) is 0 Å². The minimum absolute atomic E-state index is 0.0202. The minimum atomic E-state index is -3.91. The van der Waals surface area contributed by atoms with Crippen molar-refractivity contribution in [2.24, 2.45) is 0 Å². The van der Waals surface area contributed by atoms with Crippen LogP contribution in [0.15, 0.2) is 77.7 Å². The molecule has 0 aliphatic heterocycles. The van der Waals surface area contributed by atoms with Crippen LogP contribution in [0.2, 0.25) is 0 Å². The molecule has 0 unspecified atom stereocenters. The maximum atomic E-state index is 13.0. The molecule has 0 heterocycles. The lowest BCUT2D eigenvalue weighted by molar-refractivity contribution is -0.119. The number of methoxy groups -OCH3 is 2. The van der Waals surface area contributed by atoms with E-state index in [9.17, 15) is 18.0 Å². The number of sulfonamides is 1. The van der Waals surface area contributed by atoms with Crippen molar-refractivity contribution in [3.05, 3.63) is 78.4 Å². The van der Waals surface area contributed by atoms with Crippen LogP contribution in [0.3, 0.4) is 0 Å². The fourth-order valence-corrected chi connectivity index (χ4v) is 4.26. The van der Waals surface area contributed by atoms with Crippen molar-refractivity contribution >= 4 is 33.3 Å². The Morgan fingerprint density at radius 2 is 1.62 bits per heavy atom. The molecule has 1 amide bonds. The Balaban J connectivity index is 1.64. The first-order valence-electron chi connectivity index (χ1n) is 10.1. The molecule has 9 nitrogen and oxygen atoms in total. The van der Waals surface area contributed by atoms with Crippen molar-refractivity contribution in [3.63, 3.8) is 0 Å². The molecule has 10 heteroatoms. The molecule has 0 aliphatic carbocycles. The lowest BCUT2D eigenvalue weighted by Gasteiger charge is -2.21. The van der Waals surface area contributed by atoms with Gasteiger partial charge >= 0.3 is 5.97 Å². The molecule has 0 fully saturated rings. The monoisotopic (exact) mass is 484 g/mol. The van der Waals surface area contributed by atoms with E-state index in [1.165, 1.54) is 45.5 Å². The van der Waals surface area contributed by atoms with Gasteiger partial charge in [-0.3, -0.25) is 9.10 Å². The third kappa shape index (κ3) is 5.65. The largest absolute Gasteiger partial charge is 0.497 e. The quantitative estimate of drug-likeness (QED) is 0.464. The van der Waals surface area contributed by atoms with Gasteiger partial charge in [-0.15, -0.1) is 0 Å². The molecule has 0 spiro atoms. The van der Waals surface area contributed by atoms with Gasteiger partial charge in [-0.2, -0.15) is 0 Å². The third-order valence-electron chi connectivity index (χ3n) is 4.86. The summed E-state index contributed by atoms with van der Waals surface area (Å²) in [5.74, 6) is -0.316. The number of nitrogens with zero attached hydrogens (tertiary/aromatic N) is 1. The second-order valence-electron chi connectivity index (χ2n) is 7.03. The summed E-state index contributed by atoms with van der Waals surface area (Å²) in [6, 6.07) is 18.7. The van der Waals surface area contributed by atoms with Gasteiger partial charge in [0.1, 0.15) is 11.5 Å². The Bertz CT molecular complexity index is 1270. The van der Waals surface area contributed by atoms with Gasteiger partial charge in [0.2, 0.25) is 0 Å². The number of ether oxygens (including phenoxy) is 3. The molecule has 0 bridgehead atoms. The molecule has 178 valence electrons. The van der Waals surface area contributed by atoms with E-state index in [2.05, 4.69) is 5.32 Å². The molecule has 1 N–H and O–H groups in total. The maximum absolute atomic E-state index is 13.0. The van der Waals surface area contributed by atoms with Gasteiger partial charge in [0, 0.05) is 18.8 Å². The summed E-state index contributed by atoms with van der Waals surface area (Å²) in [7, 11) is 0.471.